The number of pyridine rings is 1. The Bertz CT molecular complexity index is 1570. The fourth-order valence-electron chi connectivity index (χ4n) is 4.92. The minimum atomic E-state index is 0.708. The molecule has 1 aromatic heterocycles. The van der Waals surface area contributed by atoms with Crippen LogP contribution in [0.1, 0.15) is 0 Å². The van der Waals surface area contributed by atoms with Crippen LogP contribution in [0.25, 0.3) is 28.1 Å². The fraction of sp³-hybridized carbons (Fsp3) is 0.233. The molecule has 8 heteroatoms. The van der Waals surface area contributed by atoms with Crippen LogP contribution >= 0.6 is 11.6 Å². The standard InChI is InChI=1S/C30H30ClN7/c1-36-15-17-37(18-16-36)14-13-33-26-20-30-28(19-27(26)34-23-5-4-12-32-21-23)35-25-6-2-3-7-29(25)38(30)24-10-8-22(31)9-11-24/h2-12,19-21,34H,13-18H2,1H3. The summed E-state index contributed by atoms with van der Waals surface area (Å²) in [6.45, 7) is 6.02. The molecule has 1 N–H and O–H groups in total. The number of nitrogens with one attached hydrogen (secondary N) is 1. The summed E-state index contributed by atoms with van der Waals surface area (Å²) in [4.78, 5) is 19.3. The molecule has 1 aliphatic carbocycles. The second-order valence-corrected chi connectivity index (χ2v) is 10.1. The van der Waals surface area contributed by atoms with Crippen molar-refractivity contribution in [3.8, 4) is 17.1 Å². The van der Waals surface area contributed by atoms with Crippen LogP contribution in [0.4, 0.5) is 11.4 Å². The average Bonchev–Trinajstić information content (AvgIpc) is 2.94. The summed E-state index contributed by atoms with van der Waals surface area (Å²) in [5.74, 6) is 0. The molecule has 0 saturated carbocycles. The van der Waals surface area contributed by atoms with E-state index >= 15 is 0 Å². The van der Waals surface area contributed by atoms with Crippen molar-refractivity contribution in [1.82, 2.24) is 24.3 Å². The summed E-state index contributed by atoms with van der Waals surface area (Å²) in [6.07, 6.45) is 3.59. The summed E-state index contributed by atoms with van der Waals surface area (Å²) in [5.41, 5.74) is 6.65. The molecule has 3 aromatic rings. The van der Waals surface area contributed by atoms with Crippen molar-refractivity contribution in [2.75, 3.05) is 51.6 Å². The van der Waals surface area contributed by atoms with E-state index in [4.69, 9.17) is 21.6 Å². The monoisotopic (exact) mass is 523 g/mol. The van der Waals surface area contributed by atoms with Crippen molar-refractivity contribution >= 4 is 34.0 Å². The zero-order valence-electron chi connectivity index (χ0n) is 21.4. The van der Waals surface area contributed by atoms with Crippen molar-refractivity contribution in [1.29, 1.82) is 0 Å². The Morgan fingerprint density at radius 3 is 2.55 bits per heavy atom. The van der Waals surface area contributed by atoms with Gasteiger partial charge in [0.15, 0.2) is 0 Å². The normalized spacial score (nSPS) is 15.4. The second-order valence-electron chi connectivity index (χ2n) is 9.66. The van der Waals surface area contributed by atoms with Gasteiger partial charge in [-0.3, -0.25) is 14.9 Å². The first-order valence-electron chi connectivity index (χ1n) is 12.9. The molecular weight excluding hydrogens is 494 g/mol. The van der Waals surface area contributed by atoms with Crippen molar-refractivity contribution in [3.63, 3.8) is 0 Å². The molecule has 0 atom stereocenters. The Balaban J connectivity index is 1.49. The number of nitrogens with zero attached hydrogens (tertiary/aromatic N) is 6. The fourth-order valence-corrected chi connectivity index (χ4v) is 5.04. The smallest absolute Gasteiger partial charge is 0.0900 e. The highest BCUT2D eigenvalue weighted by molar-refractivity contribution is 6.30. The van der Waals surface area contributed by atoms with Crippen LogP contribution in [0.3, 0.4) is 0 Å². The highest BCUT2D eigenvalue weighted by Gasteiger charge is 2.17. The zero-order valence-corrected chi connectivity index (χ0v) is 22.1. The van der Waals surface area contributed by atoms with Gasteiger partial charge in [0.2, 0.25) is 0 Å². The number of benzene rings is 3. The number of likely N-dealkylation sites (N-methyl/N-ethyl adjacent to an activating group) is 1. The molecule has 6 rings (SSSR count). The molecule has 192 valence electrons. The average molecular weight is 524 g/mol. The third-order valence-corrected chi connectivity index (χ3v) is 7.27. The van der Waals surface area contributed by atoms with E-state index in [1.165, 1.54) is 0 Å². The number of halogens is 1. The molecule has 1 fully saturated rings. The largest absolute Gasteiger partial charge is 0.352 e. The van der Waals surface area contributed by atoms with E-state index in [1.54, 1.807) is 6.20 Å². The lowest BCUT2D eigenvalue weighted by atomic mass is 10.1. The second kappa shape index (κ2) is 10.9. The highest BCUT2D eigenvalue weighted by atomic mass is 35.5. The first kappa shape index (κ1) is 24.6. The molecule has 0 unspecified atom stereocenters. The Morgan fingerprint density at radius 1 is 0.947 bits per heavy atom. The molecule has 0 spiro atoms. The maximum absolute atomic E-state index is 6.23. The van der Waals surface area contributed by atoms with Gasteiger partial charge in [-0.1, -0.05) is 23.7 Å². The highest BCUT2D eigenvalue weighted by Crippen LogP contribution is 2.30. The van der Waals surface area contributed by atoms with Gasteiger partial charge in [-0.25, -0.2) is 4.98 Å². The lowest BCUT2D eigenvalue weighted by molar-refractivity contribution is 0.157. The molecule has 3 aliphatic rings. The Labute approximate surface area is 227 Å². The molecule has 2 aromatic carbocycles. The van der Waals surface area contributed by atoms with Crippen LogP contribution in [0.2, 0.25) is 5.02 Å². The van der Waals surface area contributed by atoms with Crippen LogP contribution in [0.5, 0.6) is 0 Å². The van der Waals surface area contributed by atoms with Gasteiger partial charge >= 0.3 is 0 Å². The topological polar surface area (TPSA) is 61.6 Å². The molecule has 0 amide bonds. The lowest BCUT2D eigenvalue weighted by Gasteiger charge is -2.31. The Hall–Kier alpha value is -3.78. The summed E-state index contributed by atoms with van der Waals surface area (Å²) in [7, 11) is 2.18. The number of hydrogen-bond acceptors (Lipinski definition) is 6. The van der Waals surface area contributed by atoms with E-state index in [2.05, 4.69) is 49.9 Å². The molecule has 3 heterocycles. The molecule has 0 radical (unpaired) electrons. The third kappa shape index (κ3) is 5.27. The first-order valence-corrected chi connectivity index (χ1v) is 13.3. The van der Waals surface area contributed by atoms with Gasteiger partial charge in [-0.15, -0.1) is 0 Å². The molecule has 38 heavy (non-hydrogen) atoms. The van der Waals surface area contributed by atoms with E-state index in [9.17, 15) is 0 Å². The van der Waals surface area contributed by atoms with E-state index in [-0.39, 0.29) is 0 Å². The number of aromatic nitrogens is 3. The zero-order chi connectivity index (χ0) is 25.9. The van der Waals surface area contributed by atoms with Gasteiger partial charge in [0.05, 0.1) is 51.9 Å². The van der Waals surface area contributed by atoms with Gasteiger partial charge in [0.1, 0.15) is 0 Å². The number of para-hydroxylation sites is 2. The molecule has 1 saturated heterocycles. The SMILES string of the molecule is CN1CCN(CCN=c2cc3n(-c4ccc(Cl)cc4)c4ccccc4nc-3cc2Nc2cccnc2)CC1. The van der Waals surface area contributed by atoms with Gasteiger partial charge in [0, 0.05) is 49.6 Å². The van der Waals surface area contributed by atoms with E-state index < -0.39 is 0 Å². The van der Waals surface area contributed by atoms with Gasteiger partial charge in [-0.05, 0) is 67.7 Å². The van der Waals surface area contributed by atoms with Gasteiger partial charge in [-0.2, -0.15) is 0 Å². The molecule has 0 bridgehead atoms. The summed E-state index contributed by atoms with van der Waals surface area (Å²) >= 11 is 6.23. The maximum atomic E-state index is 6.23. The number of hydrogen-bond donors (Lipinski definition) is 1. The predicted octanol–water partition coefficient (Wildman–Crippen LogP) is 5.07. The third-order valence-electron chi connectivity index (χ3n) is 7.02. The first-order chi connectivity index (χ1) is 18.6. The van der Waals surface area contributed by atoms with Crippen molar-refractivity contribution in [2.45, 2.75) is 0 Å². The molecule has 7 nitrogen and oxygen atoms in total. The van der Waals surface area contributed by atoms with Crippen LogP contribution < -0.4 is 10.7 Å². The van der Waals surface area contributed by atoms with Crippen LogP contribution in [0.15, 0.2) is 90.2 Å². The van der Waals surface area contributed by atoms with Crippen LogP contribution in [-0.4, -0.2) is 70.7 Å². The predicted molar refractivity (Wildman–Crippen MR) is 155 cm³/mol. The Kier molecular flexibility index (Phi) is 7.05. The maximum Gasteiger partial charge on any atom is 0.0900 e. The lowest BCUT2D eigenvalue weighted by Crippen LogP contribution is -2.45. The minimum absolute atomic E-state index is 0.708. The number of rotatable bonds is 6. The number of anilines is 2. The van der Waals surface area contributed by atoms with E-state index in [0.717, 1.165) is 84.1 Å². The van der Waals surface area contributed by atoms with Crippen molar-refractivity contribution < 1.29 is 0 Å². The Morgan fingerprint density at radius 2 is 1.76 bits per heavy atom. The minimum Gasteiger partial charge on any atom is -0.352 e. The van der Waals surface area contributed by atoms with Crippen molar-refractivity contribution in [3.05, 3.63) is 95.6 Å². The summed E-state index contributed by atoms with van der Waals surface area (Å²) in [5, 5.41) is 5.14. The van der Waals surface area contributed by atoms with E-state index in [1.807, 2.05) is 60.8 Å². The molecular formula is C30H30ClN7. The van der Waals surface area contributed by atoms with Gasteiger partial charge in [0.25, 0.3) is 0 Å². The van der Waals surface area contributed by atoms with Crippen LogP contribution in [-0.2, 0) is 0 Å². The van der Waals surface area contributed by atoms with E-state index in [0.29, 0.717) is 5.02 Å². The number of piperazine rings is 1. The quantitative estimate of drug-likeness (QED) is 0.315. The summed E-state index contributed by atoms with van der Waals surface area (Å²) in [6, 6.07) is 24.3. The molecule has 2 aliphatic heterocycles. The summed E-state index contributed by atoms with van der Waals surface area (Å²) < 4.78 is 2.24. The van der Waals surface area contributed by atoms with Crippen molar-refractivity contribution in [2.24, 2.45) is 4.99 Å². The number of fused-ring (bicyclic) bond motifs is 2. The van der Waals surface area contributed by atoms with Gasteiger partial charge < -0.3 is 14.8 Å². The van der Waals surface area contributed by atoms with Crippen LogP contribution in [0, 0.1) is 0 Å².